The Balaban J connectivity index is 0.600. The summed E-state index contributed by atoms with van der Waals surface area (Å²) in [6.45, 7) is 16.5. The van der Waals surface area contributed by atoms with Crippen molar-refractivity contribution in [2.75, 3.05) is 101 Å². The van der Waals surface area contributed by atoms with Gasteiger partial charge < -0.3 is 73.7 Å². The lowest BCUT2D eigenvalue weighted by Crippen LogP contribution is -2.63. The maximum atomic E-state index is 15.7. The molecule has 4 bridgehead atoms. The number of hydrogen-bond acceptors (Lipinski definition) is 26. The van der Waals surface area contributed by atoms with Crippen molar-refractivity contribution in [2.45, 2.75) is 276 Å². The Morgan fingerprint density at radius 1 is 0.664 bits per heavy atom. The molecule has 2 unspecified atom stereocenters. The van der Waals surface area contributed by atoms with Crippen LogP contribution in [0.25, 0.3) is 0 Å². The van der Waals surface area contributed by atoms with Gasteiger partial charge in [0.2, 0.25) is 29.5 Å². The molecular formula is C114H147Cl2N13O18S2. The summed E-state index contributed by atoms with van der Waals surface area (Å²) < 4.78 is 48.2. The average molecular weight is 2120 g/mol. The minimum atomic E-state index is -1.89. The van der Waals surface area contributed by atoms with Crippen LogP contribution in [0.1, 0.15) is 237 Å². The smallest absolute Gasteiger partial charge is 0.409 e. The maximum absolute atomic E-state index is 15.7. The number of Topliss-reactive ketones (excluding diaryl/α,β-unsaturated/α-hetero) is 1. The van der Waals surface area contributed by atoms with Gasteiger partial charge in [0.05, 0.1) is 85.7 Å². The number of pyridine rings is 4. The zero-order chi connectivity index (χ0) is 106. The second-order valence-electron chi connectivity index (χ2n) is 39.3. The Bertz CT molecular complexity index is 5640. The number of nitrogens with zero attached hydrogens (tertiary/aromatic N) is 9. The van der Waals surface area contributed by atoms with Crippen LogP contribution in [0.5, 0.6) is 11.5 Å². The fraction of sp³-hybridized carbons (Fsp3) is 0.500. The highest BCUT2D eigenvalue weighted by Crippen LogP contribution is 2.50. The lowest BCUT2D eigenvalue weighted by molar-refractivity contribution is -0.162. The van der Waals surface area contributed by atoms with E-state index in [4.69, 9.17) is 81.0 Å². The van der Waals surface area contributed by atoms with Crippen molar-refractivity contribution in [1.29, 1.82) is 0 Å². The highest BCUT2D eigenvalue weighted by Gasteiger charge is 2.65. The summed E-state index contributed by atoms with van der Waals surface area (Å²) in [5.74, 6) is 0.397. The third kappa shape index (κ3) is 35.7. The number of alkyl carbamates (subject to hydrolysis) is 1. The molecule has 1 aliphatic carbocycles. The average Bonchev–Trinajstić information content (AvgIpc) is 1.57. The Morgan fingerprint density at radius 3 is 1.90 bits per heavy atom. The van der Waals surface area contributed by atoms with E-state index >= 15 is 4.79 Å². The predicted octanol–water partition coefficient (Wildman–Crippen LogP) is 19.3. The van der Waals surface area contributed by atoms with Gasteiger partial charge in [0, 0.05) is 153 Å². The van der Waals surface area contributed by atoms with E-state index in [0.29, 0.717) is 182 Å². The van der Waals surface area contributed by atoms with Crippen LogP contribution < -0.4 is 35.6 Å². The number of epoxide rings is 1. The van der Waals surface area contributed by atoms with Crippen molar-refractivity contribution < 1.29 is 86.2 Å². The van der Waals surface area contributed by atoms with Crippen molar-refractivity contribution >= 4 is 115 Å². The van der Waals surface area contributed by atoms with Gasteiger partial charge in [-0.05, 0) is 203 Å². The molecule has 7 heterocycles. The molecule has 802 valence electrons. The fourth-order valence-electron chi connectivity index (χ4n) is 19.1. The molecule has 3 fully saturated rings. The van der Waals surface area contributed by atoms with E-state index in [1.54, 1.807) is 76.6 Å². The first-order chi connectivity index (χ1) is 71.9. The molecule has 149 heavy (non-hydrogen) atoms. The summed E-state index contributed by atoms with van der Waals surface area (Å²) in [6.07, 6.45) is 17.4. The molecule has 8 atom stereocenters. The number of ether oxygens (including phenoxy) is 8. The molecule has 35 heteroatoms. The van der Waals surface area contributed by atoms with Gasteiger partial charge in [0.15, 0.2) is 5.72 Å². The van der Waals surface area contributed by atoms with E-state index in [-0.39, 0.29) is 85.1 Å². The van der Waals surface area contributed by atoms with Gasteiger partial charge >= 0.3 is 12.1 Å². The highest BCUT2D eigenvalue weighted by molar-refractivity contribution is 8.76. The number of nitrogens with one attached hydrogen (secondary N) is 4. The third-order valence-corrected chi connectivity index (χ3v) is 30.6. The van der Waals surface area contributed by atoms with Crippen LogP contribution in [-0.2, 0) is 120 Å². The van der Waals surface area contributed by atoms with E-state index in [1.807, 2.05) is 127 Å². The largest absolute Gasteiger partial charge is 0.495 e. The minimum Gasteiger partial charge on any atom is -0.495 e. The number of esters is 1. The second kappa shape index (κ2) is 59.0. The number of allylic oxidation sites excluding steroid dienone is 3. The summed E-state index contributed by atoms with van der Waals surface area (Å²) in [4.78, 5) is 153. The summed E-state index contributed by atoms with van der Waals surface area (Å²) in [5, 5.41) is 24.3. The molecule has 3 aliphatic heterocycles. The van der Waals surface area contributed by atoms with Gasteiger partial charge in [-0.3, -0.25) is 58.6 Å². The first kappa shape index (κ1) is 116. The topological polar surface area (TPSA) is 367 Å². The molecule has 0 spiro atoms. The van der Waals surface area contributed by atoms with Crippen LogP contribution in [0, 0.1) is 5.92 Å². The second-order valence-corrected chi connectivity index (χ2v) is 42.7. The van der Waals surface area contributed by atoms with Gasteiger partial charge in [-0.15, -0.1) is 0 Å². The normalized spacial score (nSPS) is 19.4. The molecule has 12 rings (SSSR count). The molecule has 4 aromatic carbocycles. The van der Waals surface area contributed by atoms with Crippen molar-refractivity contribution in [3.05, 3.63) is 254 Å². The zero-order valence-electron chi connectivity index (χ0n) is 87.6. The third-order valence-electron chi connectivity index (χ3n) is 27.6. The van der Waals surface area contributed by atoms with Crippen LogP contribution in [0.15, 0.2) is 188 Å². The number of halogens is 2. The number of amides is 7. The number of anilines is 3. The van der Waals surface area contributed by atoms with E-state index in [0.717, 1.165) is 114 Å². The quantitative estimate of drug-likeness (QED) is 0.0102. The molecule has 5 N–H and O–H groups in total. The number of methoxy groups -OCH3 is 2. The van der Waals surface area contributed by atoms with Crippen LogP contribution in [0.4, 0.5) is 22.1 Å². The number of benzene rings is 4. The molecular weight excluding hydrogens is 1970 g/mol. The Morgan fingerprint density at radius 2 is 1.29 bits per heavy atom. The van der Waals surface area contributed by atoms with Crippen LogP contribution in [0.3, 0.4) is 0 Å². The van der Waals surface area contributed by atoms with Crippen LogP contribution >= 0.6 is 44.8 Å². The van der Waals surface area contributed by atoms with E-state index in [1.165, 1.54) is 52.7 Å². The standard InChI is InChI=1S/C114H147Cl2N13O18S2/c1-11-13-16-40-102(131)122-100-38-27-34-91(120-100)76-127(74-89-32-18-22-53-117-89)71-84-64-85(72-128(75-90-33-19-23-54-118-90)77-92-35-28-39-101(121-92)123-103(132)41-17-14-12-2)66-94(65-84)144-58-25-24-56-129(110(137)113(51-20-15-21-52-113)87-47-49-88(115)50-48-87)73-82-43-45-86(46-44-82)108(135)119-55-59-143-61-60-142-57-29-36-93(130)78-149-148-62-30-42-104(133)125(7)81(5)109(136)146-99-69-105(134)126(8)95-67-83(68-96(140-9)106(95)116)63-79(3)31-26-37-98(141-10)114(139)70-97(145-111(138)124-114)80(4)107-112(99,6)147-107/h18-19,22-23,26-28,31-35,37-39,43-50,53-54,64-68,80-81,97-99,107,139H,11-17,20-21,24-25,29-30,36,40-42,51-52,55-63,69-78H2,1-10H3,(H,119,135)(H,124,138)(H,120,122,131)(H,121,123,132)/b37-26-,79-31+/t80-,81+,97+,98-,99?,107?,112+,114+/m0/s1. The fourth-order valence-corrected chi connectivity index (χ4v) is 21.7. The van der Waals surface area contributed by atoms with E-state index in [2.05, 4.69) is 63.1 Å². The van der Waals surface area contributed by atoms with Crippen molar-refractivity contribution in [3.63, 3.8) is 0 Å². The monoisotopic (exact) mass is 2120 g/mol. The van der Waals surface area contributed by atoms with Crippen molar-refractivity contribution in [1.82, 2.24) is 50.2 Å². The van der Waals surface area contributed by atoms with E-state index in [9.17, 15) is 43.5 Å². The highest BCUT2D eigenvalue weighted by atomic mass is 35.5. The number of unbranched alkanes of at least 4 members (excludes halogenated alkanes) is 5. The number of carbonyl (C=O) groups excluding carboxylic acids is 9. The number of carbonyl (C=O) groups is 9. The predicted molar refractivity (Wildman–Crippen MR) is 581 cm³/mol. The molecule has 0 radical (unpaired) electrons. The van der Waals surface area contributed by atoms with E-state index < -0.39 is 71.1 Å². The SMILES string of the molecule is CCCCCC(=O)Nc1cccc(CN(Cc2cc(CN(Cc3ccccn3)Cc3cccc(NC(=O)CCCCC)n3)cc(OCCCCN(Cc3ccc(C(=O)NCCOCCOCCCC(=O)CSSCCCC(=O)N(C)[C@H](C)C(=O)OC4CC(=O)N(C)c5cc(cc(OC)c5Cl)C/C(C)=C/C=C\[C@H](OC)[C@]5(O)C[C@@H](OC(=O)N5)[C@H](C)C5O[C@]45C)cc3)C(=O)C3(c4ccc(Cl)cc4)CCCCC3)c2)Cc2ccccn2)n1. The summed E-state index contributed by atoms with van der Waals surface area (Å²) >= 11 is 13.4. The summed E-state index contributed by atoms with van der Waals surface area (Å²) in [5.41, 5.74) is 5.66. The first-order valence-corrected chi connectivity index (χ1v) is 55.4. The van der Waals surface area contributed by atoms with Crippen LogP contribution in [-0.4, -0.2) is 226 Å². The Kier molecular flexibility index (Phi) is 46.1. The van der Waals surface area contributed by atoms with Gasteiger partial charge in [-0.2, -0.15) is 0 Å². The number of fused-ring (bicyclic) bond motifs is 5. The molecule has 2 saturated heterocycles. The summed E-state index contributed by atoms with van der Waals surface area (Å²) in [7, 11) is 8.86. The molecule has 1 saturated carbocycles. The number of ketones is 1. The van der Waals surface area contributed by atoms with Crippen molar-refractivity contribution in [3.8, 4) is 11.5 Å². The number of aromatic nitrogens is 4. The molecule has 4 aromatic heterocycles. The number of likely N-dealkylation sites (N-methyl/N-ethyl adjacent to an activating group) is 1. The Hall–Kier alpha value is -11.2. The molecule has 31 nitrogen and oxygen atoms in total. The Labute approximate surface area is 894 Å². The molecule has 7 amide bonds. The van der Waals surface area contributed by atoms with Crippen molar-refractivity contribution in [2.24, 2.45) is 5.92 Å². The maximum Gasteiger partial charge on any atom is 0.409 e. The van der Waals surface area contributed by atoms with Gasteiger partial charge in [-0.25, -0.2) is 19.6 Å². The van der Waals surface area contributed by atoms with Gasteiger partial charge in [-0.1, -0.05) is 189 Å². The lowest BCUT2D eigenvalue weighted by atomic mass is 9.68. The number of rotatable bonds is 55. The van der Waals surface area contributed by atoms with Gasteiger partial charge in [0.1, 0.15) is 63.9 Å². The minimum absolute atomic E-state index is 0.0534. The molecule has 4 aliphatic rings. The zero-order valence-corrected chi connectivity index (χ0v) is 90.8. The molecule has 8 aromatic rings. The lowest BCUT2D eigenvalue weighted by Gasteiger charge is -2.42. The van der Waals surface area contributed by atoms with Crippen LogP contribution in [0.2, 0.25) is 10.0 Å². The number of hydrogen-bond donors (Lipinski definition) is 5. The summed E-state index contributed by atoms with van der Waals surface area (Å²) in [6, 6.07) is 47.3. The van der Waals surface area contributed by atoms with Gasteiger partial charge in [0.25, 0.3) is 5.91 Å². The first-order valence-electron chi connectivity index (χ1n) is 52.1. The number of aliphatic hydroxyl groups is 1.